The molecule has 0 unspecified atom stereocenters. The van der Waals surface area contributed by atoms with E-state index in [2.05, 4.69) is 49.6 Å². The lowest BCUT2D eigenvalue weighted by Gasteiger charge is -2.44. The van der Waals surface area contributed by atoms with Gasteiger partial charge >= 0.3 is 0 Å². The number of carbonyl (C=O) groups is 1. The number of aromatic amines is 1. The molecular weight excluding hydrogens is 346 g/mol. The quantitative estimate of drug-likeness (QED) is 0.845. The Morgan fingerprint density at radius 3 is 2.92 bits per heavy atom. The van der Waals surface area contributed by atoms with Crippen molar-refractivity contribution in [2.75, 3.05) is 30.8 Å². The van der Waals surface area contributed by atoms with Gasteiger partial charge in [0.15, 0.2) is 0 Å². The van der Waals surface area contributed by atoms with Crippen LogP contribution in [0.5, 0.6) is 0 Å². The first-order chi connectivity index (χ1) is 12.7. The van der Waals surface area contributed by atoms with Crippen LogP contribution in [-0.4, -0.2) is 62.9 Å². The van der Waals surface area contributed by atoms with Gasteiger partial charge in [0.1, 0.15) is 17.8 Å². The Balaban J connectivity index is 1.07. The number of likely N-dealkylation sites (tertiary alicyclic amines) is 1. The van der Waals surface area contributed by atoms with Crippen LogP contribution in [0, 0.1) is 11.8 Å². The summed E-state index contributed by atoms with van der Waals surface area (Å²) in [6.45, 7) is 1.95. The van der Waals surface area contributed by atoms with E-state index in [0.717, 1.165) is 48.7 Å². The summed E-state index contributed by atoms with van der Waals surface area (Å²) in [5, 5.41) is 1.76. The van der Waals surface area contributed by atoms with E-state index < -0.39 is 0 Å². The second kappa shape index (κ2) is 6.44. The van der Waals surface area contributed by atoms with Crippen molar-refractivity contribution in [1.82, 2.24) is 19.9 Å². The van der Waals surface area contributed by atoms with Gasteiger partial charge in [0.25, 0.3) is 0 Å². The van der Waals surface area contributed by atoms with E-state index in [0.29, 0.717) is 23.1 Å². The Hall–Kier alpha value is -1.76. The molecule has 2 saturated carbocycles. The number of thioether (sulfide) groups is 1. The van der Waals surface area contributed by atoms with Crippen LogP contribution < -0.4 is 4.90 Å². The Morgan fingerprint density at radius 1 is 1.35 bits per heavy atom. The summed E-state index contributed by atoms with van der Waals surface area (Å²) in [6.07, 6.45) is 8.26. The number of H-pyrrole nitrogens is 1. The third-order valence-electron chi connectivity index (χ3n) is 6.08. The monoisotopic (exact) mass is 371 g/mol. The molecule has 1 saturated heterocycles. The zero-order chi connectivity index (χ0) is 17.7. The predicted molar refractivity (Wildman–Crippen MR) is 104 cm³/mol. The van der Waals surface area contributed by atoms with Gasteiger partial charge in [-0.2, -0.15) is 11.8 Å². The maximum absolute atomic E-state index is 12.0. The molecule has 3 heterocycles. The summed E-state index contributed by atoms with van der Waals surface area (Å²) in [5.41, 5.74) is 0.906. The molecule has 1 amide bonds. The van der Waals surface area contributed by atoms with Crippen molar-refractivity contribution in [2.45, 2.75) is 37.0 Å². The Morgan fingerprint density at radius 2 is 2.15 bits per heavy atom. The molecule has 0 aromatic carbocycles. The molecule has 3 fully saturated rings. The van der Waals surface area contributed by atoms with Gasteiger partial charge in [0.2, 0.25) is 5.91 Å². The number of carbonyl (C=O) groups excluding carboxylic acids is 1. The molecule has 2 aromatic heterocycles. The molecule has 3 aliphatic rings. The van der Waals surface area contributed by atoms with Crippen LogP contribution in [-0.2, 0) is 4.79 Å². The van der Waals surface area contributed by atoms with Gasteiger partial charge in [-0.1, -0.05) is 0 Å². The van der Waals surface area contributed by atoms with Gasteiger partial charge < -0.3 is 14.8 Å². The van der Waals surface area contributed by atoms with Gasteiger partial charge in [-0.25, -0.2) is 9.97 Å². The fraction of sp³-hybridized carbons (Fsp3) is 0.632. The summed E-state index contributed by atoms with van der Waals surface area (Å²) < 4.78 is 0. The van der Waals surface area contributed by atoms with E-state index in [1.807, 2.05) is 6.20 Å². The molecule has 1 N–H and O–H groups in total. The Labute approximate surface area is 157 Å². The zero-order valence-corrected chi connectivity index (χ0v) is 15.9. The molecule has 26 heavy (non-hydrogen) atoms. The van der Waals surface area contributed by atoms with E-state index in [1.54, 1.807) is 6.33 Å². The van der Waals surface area contributed by atoms with Crippen LogP contribution in [0.15, 0.2) is 18.6 Å². The SMILES string of the molecule is CN(c1ncnc2[nH]ccc12)[C@H]1C[C@@H](CSC2CN(C(=O)C3CC3)C2)C1. The van der Waals surface area contributed by atoms with Gasteiger partial charge in [0, 0.05) is 43.5 Å². The van der Waals surface area contributed by atoms with Gasteiger partial charge in [-0.3, -0.25) is 4.79 Å². The largest absolute Gasteiger partial charge is 0.356 e. The lowest BCUT2D eigenvalue weighted by atomic mass is 9.81. The topological polar surface area (TPSA) is 65.1 Å². The molecule has 0 radical (unpaired) electrons. The van der Waals surface area contributed by atoms with Crippen molar-refractivity contribution < 1.29 is 4.79 Å². The number of anilines is 1. The fourth-order valence-corrected chi connectivity index (χ4v) is 5.44. The fourth-order valence-electron chi connectivity index (χ4n) is 4.05. The Bertz CT molecular complexity index is 807. The lowest BCUT2D eigenvalue weighted by molar-refractivity contribution is -0.135. The standard InChI is InChI=1S/C19H25N5OS/c1-23(18-16-4-5-20-17(16)21-11-22-18)14-6-12(7-14)10-26-15-8-24(9-15)19(25)13-2-3-13/h4-5,11-15H,2-3,6-10H2,1H3,(H,20,21,22)/t12-,14+. The summed E-state index contributed by atoms with van der Waals surface area (Å²) in [4.78, 5) is 28.3. The summed E-state index contributed by atoms with van der Waals surface area (Å²) >= 11 is 2.07. The highest BCUT2D eigenvalue weighted by atomic mass is 32.2. The summed E-state index contributed by atoms with van der Waals surface area (Å²) in [7, 11) is 2.15. The first-order valence-corrected chi connectivity index (χ1v) is 10.6. The number of nitrogens with one attached hydrogen (secondary N) is 1. The van der Waals surface area contributed by atoms with Gasteiger partial charge in [-0.15, -0.1) is 0 Å². The Kier molecular flexibility index (Phi) is 4.07. The van der Waals surface area contributed by atoms with Crippen molar-refractivity contribution in [1.29, 1.82) is 0 Å². The third-order valence-corrected chi connectivity index (χ3v) is 7.51. The van der Waals surface area contributed by atoms with E-state index >= 15 is 0 Å². The number of aromatic nitrogens is 3. The van der Waals surface area contributed by atoms with E-state index in [4.69, 9.17) is 0 Å². The molecular formula is C19H25N5OS. The average molecular weight is 372 g/mol. The molecule has 5 rings (SSSR count). The highest BCUT2D eigenvalue weighted by molar-refractivity contribution is 8.00. The average Bonchev–Trinajstić information content (AvgIpc) is 3.31. The molecule has 2 aromatic rings. The molecule has 2 aliphatic carbocycles. The number of amides is 1. The highest BCUT2D eigenvalue weighted by Crippen LogP contribution is 2.39. The van der Waals surface area contributed by atoms with Gasteiger partial charge in [-0.05, 0) is 43.4 Å². The van der Waals surface area contributed by atoms with Crippen LogP contribution in [0.1, 0.15) is 25.7 Å². The predicted octanol–water partition coefficient (Wildman–Crippen LogP) is 2.53. The first kappa shape index (κ1) is 16.4. The van der Waals surface area contributed by atoms with Crippen LogP contribution in [0.3, 0.4) is 0 Å². The molecule has 7 heteroatoms. The first-order valence-electron chi connectivity index (χ1n) is 9.60. The van der Waals surface area contributed by atoms with Crippen molar-refractivity contribution in [3.05, 3.63) is 18.6 Å². The number of nitrogens with zero attached hydrogens (tertiary/aromatic N) is 4. The highest BCUT2D eigenvalue weighted by Gasteiger charge is 2.40. The third kappa shape index (κ3) is 2.96. The van der Waals surface area contributed by atoms with E-state index in [9.17, 15) is 4.79 Å². The van der Waals surface area contributed by atoms with E-state index in [-0.39, 0.29) is 0 Å². The minimum Gasteiger partial charge on any atom is -0.356 e. The maximum atomic E-state index is 12.0. The lowest BCUT2D eigenvalue weighted by Crippen LogP contribution is -2.53. The van der Waals surface area contributed by atoms with Crippen LogP contribution >= 0.6 is 11.8 Å². The molecule has 6 nitrogen and oxygen atoms in total. The van der Waals surface area contributed by atoms with Crippen molar-refractivity contribution in [3.63, 3.8) is 0 Å². The number of fused-ring (bicyclic) bond motifs is 1. The summed E-state index contributed by atoms with van der Waals surface area (Å²) in [5.74, 6) is 3.83. The maximum Gasteiger partial charge on any atom is 0.225 e. The van der Waals surface area contributed by atoms with Crippen LogP contribution in [0.4, 0.5) is 5.82 Å². The van der Waals surface area contributed by atoms with E-state index in [1.165, 1.54) is 18.6 Å². The second-order valence-corrected chi connectivity index (χ2v) is 9.35. The number of hydrogen-bond donors (Lipinski definition) is 1. The minimum atomic E-state index is 0.372. The molecule has 0 atom stereocenters. The zero-order valence-electron chi connectivity index (χ0n) is 15.1. The molecule has 0 spiro atoms. The van der Waals surface area contributed by atoms with Crippen molar-refractivity contribution >= 4 is 34.5 Å². The minimum absolute atomic E-state index is 0.372. The molecule has 1 aliphatic heterocycles. The van der Waals surface area contributed by atoms with Gasteiger partial charge in [0.05, 0.1) is 5.39 Å². The molecule has 0 bridgehead atoms. The van der Waals surface area contributed by atoms with Crippen molar-refractivity contribution in [2.24, 2.45) is 11.8 Å². The number of hydrogen-bond acceptors (Lipinski definition) is 5. The number of rotatable bonds is 6. The smallest absolute Gasteiger partial charge is 0.225 e. The normalized spacial score (nSPS) is 25.8. The van der Waals surface area contributed by atoms with Crippen LogP contribution in [0.25, 0.3) is 11.0 Å². The molecule has 138 valence electrons. The van der Waals surface area contributed by atoms with Crippen molar-refractivity contribution in [3.8, 4) is 0 Å². The summed E-state index contributed by atoms with van der Waals surface area (Å²) in [6, 6.07) is 2.63. The second-order valence-electron chi connectivity index (χ2n) is 8.01. The van der Waals surface area contributed by atoms with Crippen LogP contribution in [0.2, 0.25) is 0 Å².